The third-order valence-electron chi connectivity index (χ3n) is 3.93. The Morgan fingerprint density at radius 3 is 2.73 bits per heavy atom. The van der Waals surface area contributed by atoms with Gasteiger partial charge in [0.05, 0.1) is 5.69 Å². The number of nitrogens with zero attached hydrogens (tertiary/aromatic N) is 4. The Morgan fingerprint density at radius 1 is 1.27 bits per heavy atom. The average Bonchev–Trinajstić information content (AvgIpc) is 3.25. The zero-order valence-electron chi connectivity index (χ0n) is 14.6. The van der Waals surface area contributed by atoms with Crippen LogP contribution in [0.4, 0.5) is 0 Å². The molecule has 8 heteroatoms. The third-order valence-corrected chi connectivity index (χ3v) is 4.18. The summed E-state index contributed by atoms with van der Waals surface area (Å²) in [5.74, 6) is 0.435. The van der Waals surface area contributed by atoms with Crippen LogP contribution < -0.4 is 10.1 Å². The fraction of sp³-hybridized carbons (Fsp3) is 0.278. The average molecular weight is 374 g/mol. The van der Waals surface area contributed by atoms with Crippen molar-refractivity contribution in [1.29, 1.82) is 0 Å². The molecular formula is C18H20ClN5O2. The number of nitrogens with one attached hydrogen (secondary N) is 1. The Bertz CT molecular complexity index is 885. The summed E-state index contributed by atoms with van der Waals surface area (Å²) in [4.78, 5) is 12.5. The van der Waals surface area contributed by atoms with E-state index in [1.54, 1.807) is 36.5 Å². The minimum atomic E-state index is -0.217. The SMILES string of the molecule is CCn1cc(CNC(=O)c2ccnn2COc2ccc(Cl)cc2)c(C)n1. The highest BCUT2D eigenvalue weighted by atomic mass is 35.5. The first kappa shape index (κ1) is 18.0. The van der Waals surface area contributed by atoms with Gasteiger partial charge in [0.2, 0.25) is 0 Å². The molecule has 1 aromatic carbocycles. The quantitative estimate of drug-likeness (QED) is 0.690. The predicted molar refractivity (Wildman–Crippen MR) is 98.1 cm³/mol. The maximum absolute atomic E-state index is 12.5. The molecule has 1 amide bonds. The first-order valence-electron chi connectivity index (χ1n) is 8.28. The number of benzene rings is 1. The van der Waals surface area contributed by atoms with Crippen molar-refractivity contribution in [2.24, 2.45) is 0 Å². The second-order valence-corrected chi connectivity index (χ2v) is 6.16. The van der Waals surface area contributed by atoms with Crippen LogP contribution in [0, 0.1) is 6.92 Å². The summed E-state index contributed by atoms with van der Waals surface area (Å²) >= 11 is 5.85. The lowest BCUT2D eigenvalue weighted by atomic mass is 10.2. The van der Waals surface area contributed by atoms with Crippen LogP contribution in [0.15, 0.2) is 42.7 Å². The molecule has 3 aromatic rings. The number of aryl methyl sites for hydroxylation is 2. The van der Waals surface area contributed by atoms with Gasteiger partial charge in [0.1, 0.15) is 11.4 Å². The number of halogens is 1. The Morgan fingerprint density at radius 2 is 2.04 bits per heavy atom. The molecular weight excluding hydrogens is 354 g/mol. The van der Waals surface area contributed by atoms with Crippen molar-refractivity contribution in [3.63, 3.8) is 0 Å². The molecule has 7 nitrogen and oxygen atoms in total. The molecule has 1 N–H and O–H groups in total. The molecule has 0 spiro atoms. The van der Waals surface area contributed by atoms with Gasteiger partial charge in [-0.05, 0) is 44.2 Å². The molecule has 26 heavy (non-hydrogen) atoms. The number of amides is 1. The number of carbonyl (C=O) groups excluding carboxylic acids is 1. The predicted octanol–water partition coefficient (Wildman–Crippen LogP) is 3.03. The number of ether oxygens (including phenoxy) is 1. The number of rotatable bonds is 7. The second kappa shape index (κ2) is 8.05. The normalized spacial score (nSPS) is 10.7. The summed E-state index contributed by atoms with van der Waals surface area (Å²) < 4.78 is 9.00. The Kier molecular flexibility index (Phi) is 5.58. The van der Waals surface area contributed by atoms with E-state index < -0.39 is 0 Å². The van der Waals surface area contributed by atoms with E-state index in [0.717, 1.165) is 17.8 Å². The van der Waals surface area contributed by atoms with Crippen LogP contribution in [0.2, 0.25) is 5.02 Å². The van der Waals surface area contributed by atoms with E-state index in [4.69, 9.17) is 16.3 Å². The Hall–Kier alpha value is -2.80. The van der Waals surface area contributed by atoms with Crippen LogP contribution in [-0.2, 0) is 19.8 Å². The lowest BCUT2D eigenvalue weighted by Gasteiger charge is -2.10. The van der Waals surface area contributed by atoms with Gasteiger partial charge >= 0.3 is 0 Å². The summed E-state index contributed by atoms with van der Waals surface area (Å²) in [6.07, 6.45) is 3.51. The molecule has 2 heterocycles. The van der Waals surface area contributed by atoms with Gasteiger partial charge in [-0.1, -0.05) is 11.6 Å². The molecule has 0 radical (unpaired) electrons. The lowest BCUT2D eigenvalue weighted by molar-refractivity contribution is 0.0929. The van der Waals surface area contributed by atoms with Crippen LogP contribution in [0.1, 0.15) is 28.7 Å². The molecule has 2 aromatic heterocycles. The second-order valence-electron chi connectivity index (χ2n) is 5.72. The van der Waals surface area contributed by atoms with Crippen molar-refractivity contribution in [3.8, 4) is 5.75 Å². The van der Waals surface area contributed by atoms with E-state index >= 15 is 0 Å². The highest BCUT2D eigenvalue weighted by Gasteiger charge is 2.13. The molecule has 3 rings (SSSR count). The largest absolute Gasteiger partial charge is 0.471 e. The number of hydrogen-bond donors (Lipinski definition) is 1. The van der Waals surface area contributed by atoms with Gasteiger partial charge in [-0.25, -0.2) is 4.68 Å². The van der Waals surface area contributed by atoms with Crippen molar-refractivity contribution in [2.75, 3.05) is 0 Å². The van der Waals surface area contributed by atoms with Gasteiger partial charge in [0.15, 0.2) is 6.73 Å². The van der Waals surface area contributed by atoms with E-state index in [9.17, 15) is 4.79 Å². The van der Waals surface area contributed by atoms with Gasteiger partial charge in [0, 0.05) is 36.1 Å². The van der Waals surface area contributed by atoms with Crippen LogP contribution in [0.25, 0.3) is 0 Å². The van der Waals surface area contributed by atoms with E-state index in [0.29, 0.717) is 23.0 Å². The molecule has 0 fully saturated rings. The zero-order chi connectivity index (χ0) is 18.5. The first-order chi connectivity index (χ1) is 12.6. The number of carbonyl (C=O) groups is 1. The van der Waals surface area contributed by atoms with Crippen molar-refractivity contribution < 1.29 is 9.53 Å². The molecule has 0 aliphatic rings. The van der Waals surface area contributed by atoms with Gasteiger partial charge in [-0.15, -0.1) is 0 Å². The summed E-state index contributed by atoms with van der Waals surface area (Å²) in [6, 6.07) is 8.67. The van der Waals surface area contributed by atoms with Crippen molar-refractivity contribution in [2.45, 2.75) is 33.7 Å². The molecule has 0 unspecified atom stereocenters. The van der Waals surface area contributed by atoms with E-state index in [-0.39, 0.29) is 12.6 Å². The third kappa shape index (κ3) is 4.23. The molecule has 0 aliphatic carbocycles. The topological polar surface area (TPSA) is 74.0 Å². The number of aromatic nitrogens is 4. The van der Waals surface area contributed by atoms with Crippen molar-refractivity contribution in [1.82, 2.24) is 24.9 Å². The fourth-order valence-corrected chi connectivity index (χ4v) is 2.58. The highest BCUT2D eigenvalue weighted by Crippen LogP contribution is 2.16. The van der Waals surface area contributed by atoms with Crippen LogP contribution in [0.3, 0.4) is 0 Å². The van der Waals surface area contributed by atoms with E-state index in [1.807, 2.05) is 24.7 Å². The van der Waals surface area contributed by atoms with E-state index in [1.165, 1.54) is 4.68 Å². The minimum Gasteiger partial charge on any atom is -0.471 e. The molecule has 0 bridgehead atoms. The summed E-state index contributed by atoms with van der Waals surface area (Å²) in [5.41, 5.74) is 2.33. The van der Waals surface area contributed by atoms with E-state index in [2.05, 4.69) is 15.5 Å². The summed E-state index contributed by atoms with van der Waals surface area (Å²) in [6.45, 7) is 5.29. The van der Waals surface area contributed by atoms with Crippen LogP contribution in [0.5, 0.6) is 5.75 Å². The van der Waals surface area contributed by atoms with Crippen molar-refractivity contribution >= 4 is 17.5 Å². The molecule has 0 aliphatic heterocycles. The van der Waals surface area contributed by atoms with Gasteiger partial charge in [-0.2, -0.15) is 10.2 Å². The van der Waals surface area contributed by atoms with Crippen molar-refractivity contribution in [3.05, 3.63) is 64.7 Å². The zero-order valence-corrected chi connectivity index (χ0v) is 15.4. The number of hydrogen-bond acceptors (Lipinski definition) is 4. The van der Waals surface area contributed by atoms with Crippen LogP contribution in [-0.4, -0.2) is 25.5 Å². The summed E-state index contributed by atoms with van der Waals surface area (Å²) in [7, 11) is 0. The monoisotopic (exact) mass is 373 g/mol. The molecule has 0 saturated heterocycles. The highest BCUT2D eigenvalue weighted by molar-refractivity contribution is 6.30. The standard InChI is InChI=1S/C18H20ClN5O2/c1-3-23-11-14(13(2)22-23)10-20-18(25)17-8-9-21-24(17)12-26-16-6-4-15(19)5-7-16/h4-9,11H,3,10,12H2,1-2H3,(H,20,25). The Labute approximate surface area is 156 Å². The molecule has 136 valence electrons. The molecule has 0 atom stereocenters. The first-order valence-corrected chi connectivity index (χ1v) is 8.66. The maximum atomic E-state index is 12.5. The van der Waals surface area contributed by atoms with Gasteiger partial charge in [0.25, 0.3) is 5.91 Å². The van der Waals surface area contributed by atoms with Gasteiger partial charge < -0.3 is 10.1 Å². The minimum absolute atomic E-state index is 0.129. The van der Waals surface area contributed by atoms with Crippen LogP contribution >= 0.6 is 11.6 Å². The maximum Gasteiger partial charge on any atom is 0.269 e. The Balaban J connectivity index is 1.60. The summed E-state index contributed by atoms with van der Waals surface area (Å²) in [5, 5.41) is 12.1. The fourth-order valence-electron chi connectivity index (χ4n) is 2.46. The lowest BCUT2D eigenvalue weighted by Crippen LogP contribution is -2.26. The molecule has 0 saturated carbocycles. The van der Waals surface area contributed by atoms with Gasteiger partial charge in [-0.3, -0.25) is 9.48 Å². The smallest absolute Gasteiger partial charge is 0.269 e.